The van der Waals surface area contributed by atoms with E-state index in [4.69, 9.17) is 10.5 Å². The third kappa shape index (κ3) is 3.33. The fourth-order valence-electron chi connectivity index (χ4n) is 4.16. The maximum atomic E-state index is 9.77. The van der Waals surface area contributed by atoms with Crippen LogP contribution in [0.2, 0.25) is 0 Å². The van der Waals surface area contributed by atoms with Gasteiger partial charge in [-0.15, -0.1) is 0 Å². The Bertz CT molecular complexity index is 1290. The van der Waals surface area contributed by atoms with Crippen LogP contribution in [0.5, 0.6) is 0 Å². The van der Waals surface area contributed by atoms with E-state index >= 15 is 0 Å². The molecule has 3 atom stereocenters. The Kier molecular flexibility index (Phi) is 5.24. The molecule has 0 saturated heterocycles. The predicted octanol–water partition coefficient (Wildman–Crippen LogP) is 3.70. The second kappa shape index (κ2) is 8.02. The van der Waals surface area contributed by atoms with E-state index in [1.165, 1.54) is 0 Å². The Balaban J connectivity index is 1.85. The second-order valence-electron chi connectivity index (χ2n) is 7.43. The number of nitrogen functional groups attached to an aromatic ring is 1. The maximum absolute atomic E-state index is 9.77. The van der Waals surface area contributed by atoms with Crippen LogP contribution < -0.4 is 5.73 Å². The van der Waals surface area contributed by atoms with Crippen molar-refractivity contribution in [3.63, 3.8) is 0 Å². The number of hydrogen-bond donors (Lipinski definition) is 1. The van der Waals surface area contributed by atoms with Gasteiger partial charge in [-0.05, 0) is 37.6 Å². The highest BCUT2D eigenvalue weighted by Crippen LogP contribution is 2.40. The number of benzene rings is 1. The van der Waals surface area contributed by atoms with Crippen molar-refractivity contribution in [2.75, 3.05) is 12.8 Å². The molecule has 0 amide bonds. The number of methoxy groups -OCH3 is 1. The van der Waals surface area contributed by atoms with E-state index in [0.29, 0.717) is 22.8 Å². The maximum Gasteiger partial charge on any atom is 0.177 e. The summed E-state index contributed by atoms with van der Waals surface area (Å²) in [5.41, 5.74) is 10.5. The number of nitriles is 2. The molecule has 4 rings (SSSR count). The van der Waals surface area contributed by atoms with Gasteiger partial charge >= 0.3 is 0 Å². The van der Waals surface area contributed by atoms with Gasteiger partial charge in [0, 0.05) is 42.1 Å². The fraction of sp³-hybridized carbons (Fsp3) is 0.261. The highest BCUT2D eigenvalue weighted by Gasteiger charge is 2.34. The molecule has 154 valence electrons. The molecule has 0 aliphatic carbocycles. The molecule has 3 unspecified atom stereocenters. The van der Waals surface area contributed by atoms with Crippen LogP contribution in [0.25, 0.3) is 10.9 Å². The number of nitrogens with two attached hydrogens (primary N) is 1. The number of pyridine rings is 1. The quantitative estimate of drug-likeness (QED) is 0.697. The summed E-state index contributed by atoms with van der Waals surface area (Å²) >= 11 is 0. The summed E-state index contributed by atoms with van der Waals surface area (Å²) in [5, 5.41) is 24.8. The lowest BCUT2D eigenvalue weighted by Gasteiger charge is -2.27. The van der Waals surface area contributed by atoms with E-state index in [1.54, 1.807) is 31.1 Å². The van der Waals surface area contributed by atoms with Crippen molar-refractivity contribution < 1.29 is 4.74 Å². The normalized spacial score (nSPS) is 19.6. The lowest BCUT2D eigenvalue weighted by Crippen LogP contribution is -2.24. The third-order valence-electron chi connectivity index (χ3n) is 5.62. The number of hydrogen-bond acceptors (Lipinski definition) is 7. The number of aromatic nitrogens is 3. The lowest BCUT2D eigenvalue weighted by atomic mass is 9.76. The highest BCUT2D eigenvalue weighted by atomic mass is 16.5. The van der Waals surface area contributed by atoms with Gasteiger partial charge < -0.3 is 10.5 Å². The second-order valence-corrected chi connectivity index (χ2v) is 7.43. The van der Waals surface area contributed by atoms with Crippen LogP contribution in [0.1, 0.15) is 37.1 Å². The van der Waals surface area contributed by atoms with Crippen LogP contribution in [0, 0.1) is 28.6 Å². The topological polar surface area (TPSA) is 126 Å². The first kappa shape index (κ1) is 20.3. The minimum absolute atomic E-state index is 0.344. The smallest absolute Gasteiger partial charge is 0.177 e. The van der Waals surface area contributed by atoms with Crippen molar-refractivity contribution >= 4 is 22.4 Å². The van der Waals surface area contributed by atoms with Crippen molar-refractivity contribution in [3.8, 4) is 12.1 Å². The molecule has 0 spiro atoms. The SMILES string of the molecule is COC(c1cccnc1)n1nc(N)c2cc(C3C(C#N)=C(C)N=C(C)C3C#N)ccc21. The summed E-state index contributed by atoms with van der Waals surface area (Å²) in [7, 11) is 1.60. The Morgan fingerprint density at radius 2 is 2.03 bits per heavy atom. The first-order valence-corrected chi connectivity index (χ1v) is 9.76. The van der Waals surface area contributed by atoms with Crippen molar-refractivity contribution in [1.29, 1.82) is 10.5 Å². The molecule has 3 heterocycles. The zero-order valence-electron chi connectivity index (χ0n) is 17.4. The van der Waals surface area contributed by atoms with Gasteiger partial charge in [0.25, 0.3) is 0 Å². The standard InChI is InChI=1S/C23H21N7O/c1-13-18(10-24)21(19(11-25)14(2)28-13)15-6-7-20-17(9-15)22(26)29-30(20)23(31-3)16-5-4-8-27-12-16/h4-9,12,18,21,23H,1-3H3,(H2,26,29). The van der Waals surface area contributed by atoms with Gasteiger partial charge in [0.1, 0.15) is 0 Å². The largest absolute Gasteiger partial charge is 0.382 e. The summed E-state index contributed by atoms with van der Waals surface area (Å²) in [6.45, 7) is 3.62. The zero-order chi connectivity index (χ0) is 22.1. The van der Waals surface area contributed by atoms with E-state index in [2.05, 4.69) is 27.2 Å². The van der Waals surface area contributed by atoms with E-state index in [9.17, 15) is 10.5 Å². The number of anilines is 1. The molecule has 1 aliphatic rings. The number of rotatable bonds is 4. The van der Waals surface area contributed by atoms with Crippen molar-refractivity contribution in [2.45, 2.75) is 26.0 Å². The van der Waals surface area contributed by atoms with Gasteiger partial charge in [-0.3, -0.25) is 9.98 Å². The molecular formula is C23H21N7O. The third-order valence-corrected chi connectivity index (χ3v) is 5.62. The average Bonchev–Trinajstić information content (AvgIpc) is 3.10. The number of aliphatic imine (C=N–C) groups is 1. The Morgan fingerprint density at radius 3 is 2.68 bits per heavy atom. The molecule has 2 N–H and O–H groups in total. The minimum Gasteiger partial charge on any atom is -0.382 e. The highest BCUT2D eigenvalue weighted by molar-refractivity contribution is 5.92. The molecule has 31 heavy (non-hydrogen) atoms. The minimum atomic E-state index is -0.519. The number of nitrogens with zero attached hydrogens (tertiary/aromatic N) is 6. The van der Waals surface area contributed by atoms with Gasteiger partial charge in [0.2, 0.25) is 0 Å². The molecule has 0 radical (unpaired) electrons. The molecule has 0 fully saturated rings. The van der Waals surface area contributed by atoms with E-state index in [1.807, 2.05) is 37.3 Å². The molecule has 0 bridgehead atoms. The first-order valence-electron chi connectivity index (χ1n) is 9.76. The van der Waals surface area contributed by atoms with Gasteiger partial charge in [-0.1, -0.05) is 12.1 Å². The van der Waals surface area contributed by atoms with Gasteiger partial charge in [0.15, 0.2) is 12.0 Å². The molecule has 1 aromatic carbocycles. The first-order chi connectivity index (χ1) is 15.0. The molecular weight excluding hydrogens is 390 g/mol. The monoisotopic (exact) mass is 411 g/mol. The molecule has 2 aromatic heterocycles. The summed E-state index contributed by atoms with van der Waals surface area (Å²) < 4.78 is 7.40. The van der Waals surface area contributed by atoms with Crippen LogP contribution in [-0.4, -0.2) is 27.6 Å². The summed E-state index contributed by atoms with van der Waals surface area (Å²) in [6, 6.07) is 14.0. The average molecular weight is 411 g/mol. The molecule has 8 heteroatoms. The number of fused-ring (bicyclic) bond motifs is 1. The zero-order valence-corrected chi connectivity index (χ0v) is 17.4. The van der Waals surface area contributed by atoms with Crippen molar-refractivity contribution in [2.24, 2.45) is 10.9 Å². The number of ether oxygens (including phenoxy) is 1. The van der Waals surface area contributed by atoms with E-state index in [0.717, 1.165) is 22.0 Å². The Morgan fingerprint density at radius 1 is 1.23 bits per heavy atom. The van der Waals surface area contributed by atoms with Crippen molar-refractivity contribution in [1.82, 2.24) is 14.8 Å². The van der Waals surface area contributed by atoms with E-state index in [-0.39, 0.29) is 0 Å². The van der Waals surface area contributed by atoms with E-state index < -0.39 is 18.1 Å². The number of allylic oxidation sites excluding steroid dienone is 2. The predicted molar refractivity (Wildman–Crippen MR) is 117 cm³/mol. The summed E-state index contributed by atoms with van der Waals surface area (Å²) in [5.74, 6) is -0.581. The van der Waals surface area contributed by atoms with Gasteiger partial charge in [-0.2, -0.15) is 15.6 Å². The molecule has 8 nitrogen and oxygen atoms in total. The molecule has 0 saturated carbocycles. The molecule has 3 aromatic rings. The van der Waals surface area contributed by atoms with Crippen LogP contribution in [0.3, 0.4) is 0 Å². The van der Waals surface area contributed by atoms with Crippen LogP contribution in [0.15, 0.2) is 59.0 Å². The summed E-state index contributed by atoms with van der Waals surface area (Å²) in [6.07, 6.45) is 2.93. The Labute approximate surface area is 179 Å². The van der Waals surface area contributed by atoms with Gasteiger partial charge in [-0.25, -0.2) is 4.68 Å². The van der Waals surface area contributed by atoms with Crippen LogP contribution >= 0.6 is 0 Å². The van der Waals surface area contributed by atoms with Crippen LogP contribution in [0.4, 0.5) is 5.82 Å². The lowest BCUT2D eigenvalue weighted by molar-refractivity contribution is 0.0718. The summed E-state index contributed by atoms with van der Waals surface area (Å²) in [4.78, 5) is 8.56. The molecule has 1 aliphatic heterocycles. The fourth-order valence-corrected chi connectivity index (χ4v) is 4.16. The van der Waals surface area contributed by atoms with Crippen LogP contribution in [-0.2, 0) is 4.74 Å². The van der Waals surface area contributed by atoms with Gasteiger partial charge in [0.05, 0.1) is 34.8 Å². The van der Waals surface area contributed by atoms with Crippen molar-refractivity contribution in [3.05, 3.63) is 65.1 Å². The Hall–Kier alpha value is -4.01.